The highest BCUT2D eigenvalue weighted by Gasteiger charge is 2.23. The summed E-state index contributed by atoms with van der Waals surface area (Å²) in [6.45, 7) is 3.95. The number of nitrogens with one attached hydrogen (secondary N) is 1. The van der Waals surface area contributed by atoms with Gasteiger partial charge in [-0.2, -0.15) is 0 Å². The Morgan fingerprint density at radius 1 is 1.40 bits per heavy atom. The second kappa shape index (κ2) is 5.49. The van der Waals surface area contributed by atoms with Gasteiger partial charge in [0.05, 0.1) is 11.4 Å². The molecule has 6 nitrogen and oxygen atoms in total. The highest BCUT2D eigenvalue weighted by atomic mass is 35.7. The van der Waals surface area contributed by atoms with Gasteiger partial charge < -0.3 is 14.8 Å². The molecule has 1 aromatic carbocycles. The molecular weight excluding hydrogens is 306 g/mol. The fraction of sp³-hybridized carbons (Fsp3) is 0.417. The maximum atomic E-state index is 11.4. The quantitative estimate of drug-likeness (QED) is 0.854. The van der Waals surface area contributed by atoms with Crippen molar-refractivity contribution in [3.05, 3.63) is 23.3 Å². The van der Waals surface area contributed by atoms with Crippen LogP contribution in [0.3, 0.4) is 0 Å². The molecule has 1 atom stereocenters. The van der Waals surface area contributed by atoms with Crippen molar-refractivity contribution in [1.82, 2.24) is 5.32 Å². The van der Waals surface area contributed by atoms with Crippen LogP contribution in [-0.2, 0) is 13.8 Å². The van der Waals surface area contributed by atoms with Crippen LogP contribution in [0, 0.1) is 13.8 Å². The van der Waals surface area contributed by atoms with Gasteiger partial charge in [-0.3, -0.25) is 0 Å². The van der Waals surface area contributed by atoms with E-state index >= 15 is 0 Å². The Morgan fingerprint density at radius 2 is 2.10 bits per heavy atom. The third-order valence-electron chi connectivity index (χ3n) is 2.91. The zero-order valence-electron chi connectivity index (χ0n) is 11.0. The number of aryl methyl sites for hydroxylation is 2. The monoisotopic (exact) mass is 319 g/mol. The van der Waals surface area contributed by atoms with Gasteiger partial charge in [-0.25, -0.2) is 13.2 Å². The van der Waals surface area contributed by atoms with Crippen LogP contribution in [0.2, 0.25) is 0 Å². The van der Waals surface area contributed by atoms with Crippen molar-refractivity contribution in [3.63, 3.8) is 0 Å². The maximum Gasteiger partial charge on any atom is 0.407 e. The summed E-state index contributed by atoms with van der Waals surface area (Å²) in [6.07, 6.45) is -0.811. The minimum absolute atomic E-state index is 0.0676. The Morgan fingerprint density at radius 3 is 2.65 bits per heavy atom. The van der Waals surface area contributed by atoms with Gasteiger partial charge >= 0.3 is 6.09 Å². The van der Waals surface area contributed by atoms with Crippen LogP contribution in [0.4, 0.5) is 4.79 Å². The number of alkyl carbamates (subject to hydrolysis) is 1. The molecule has 0 aromatic heterocycles. The van der Waals surface area contributed by atoms with E-state index in [9.17, 15) is 13.2 Å². The summed E-state index contributed by atoms with van der Waals surface area (Å²) in [5, 5.41) is 2.52. The molecular formula is C12H14ClNO5S. The van der Waals surface area contributed by atoms with Crippen LogP contribution in [0.25, 0.3) is 0 Å². The second-order valence-corrected chi connectivity index (χ2v) is 7.07. The lowest BCUT2D eigenvalue weighted by Gasteiger charge is -2.14. The standard InChI is InChI=1S/C12H14ClNO5S/c1-7-4-11(20(13,16)17)8(2)3-10(7)18-6-9-5-14-12(15)19-9/h3-4,9H,5-6H2,1-2H3,(H,14,15). The van der Waals surface area contributed by atoms with Gasteiger partial charge in [0.1, 0.15) is 12.4 Å². The van der Waals surface area contributed by atoms with Crippen LogP contribution >= 0.6 is 10.7 Å². The zero-order valence-corrected chi connectivity index (χ0v) is 12.5. The number of amides is 1. The van der Waals surface area contributed by atoms with Gasteiger partial charge in [-0.1, -0.05) is 0 Å². The van der Waals surface area contributed by atoms with Gasteiger partial charge in [0.25, 0.3) is 9.05 Å². The van der Waals surface area contributed by atoms with E-state index < -0.39 is 15.1 Å². The van der Waals surface area contributed by atoms with Gasteiger partial charge in [0.2, 0.25) is 0 Å². The molecule has 20 heavy (non-hydrogen) atoms. The number of hydrogen-bond donors (Lipinski definition) is 1. The minimum Gasteiger partial charge on any atom is -0.489 e. The number of carbonyl (C=O) groups is 1. The summed E-state index contributed by atoms with van der Waals surface area (Å²) >= 11 is 0. The predicted molar refractivity (Wildman–Crippen MR) is 72.7 cm³/mol. The average Bonchev–Trinajstić information content (AvgIpc) is 2.74. The first-order valence-electron chi connectivity index (χ1n) is 5.90. The van der Waals surface area contributed by atoms with Crippen LogP contribution in [0.15, 0.2) is 17.0 Å². The minimum atomic E-state index is -3.77. The molecule has 0 radical (unpaired) electrons. The molecule has 1 N–H and O–H groups in total. The summed E-state index contributed by atoms with van der Waals surface area (Å²) in [5.74, 6) is 0.537. The van der Waals surface area contributed by atoms with E-state index in [2.05, 4.69) is 5.32 Å². The molecule has 1 aliphatic rings. The molecule has 1 unspecified atom stereocenters. The van der Waals surface area contributed by atoms with E-state index in [1.165, 1.54) is 6.07 Å². The van der Waals surface area contributed by atoms with Gasteiger partial charge in [-0.05, 0) is 37.1 Å². The second-order valence-electron chi connectivity index (χ2n) is 4.54. The average molecular weight is 320 g/mol. The number of hydrogen-bond acceptors (Lipinski definition) is 5. The van der Waals surface area contributed by atoms with Crippen molar-refractivity contribution in [3.8, 4) is 5.75 Å². The molecule has 0 saturated carbocycles. The summed E-state index contributed by atoms with van der Waals surface area (Å²) in [4.78, 5) is 10.9. The Balaban J connectivity index is 2.13. The van der Waals surface area contributed by atoms with Crippen molar-refractivity contribution in [2.75, 3.05) is 13.2 Å². The first-order valence-corrected chi connectivity index (χ1v) is 8.21. The zero-order chi connectivity index (χ0) is 14.9. The molecule has 0 spiro atoms. The number of rotatable bonds is 4. The number of ether oxygens (including phenoxy) is 2. The highest BCUT2D eigenvalue weighted by Crippen LogP contribution is 2.28. The fourth-order valence-corrected chi connectivity index (χ4v) is 3.15. The van der Waals surface area contributed by atoms with Crippen molar-refractivity contribution in [2.24, 2.45) is 0 Å². The molecule has 1 aromatic rings. The third-order valence-corrected chi connectivity index (χ3v) is 4.37. The van der Waals surface area contributed by atoms with Crippen LogP contribution in [0.5, 0.6) is 5.75 Å². The van der Waals surface area contributed by atoms with E-state index in [0.717, 1.165) is 0 Å². The molecule has 0 bridgehead atoms. The van der Waals surface area contributed by atoms with E-state index in [1.807, 2.05) is 0 Å². The number of benzene rings is 1. The normalized spacial score (nSPS) is 18.6. The summed E-state index contributed by atoms with van der Waals surface area (Å²) < 4.78 is 33.3. The maximum absolute atomic E-state index is 11.4. The van der Waals surface area contributed by atoms with Crippen LogP contribution in [0.1, 0.15) is 11.1 Å². The third kappa shape index (κ3) is 3.34. The van der Waals surface area contributed by atoms with Gasteiger partial charge in [0.15, 0.2) is 6.10 Å². The van der Waals surface area contributed by atoms with Crippen LogP contribution < -0.4 is 10.1 Å². The predicted octanol–water partition coefficient (Wildman–Crippen LogP) is 1.72. The van der Waals surface area contributed by atoms with Gasteiger partial charge in [-0.15, -0.1) is 0 Å². The topological polar surface area (TPSA) is 81.7 Å². The molecule has 1 heterocycles. The molecule has 0 aliphatic carbocycles. The van der Waals surface area contributed by atoms with Crippen molar-refractivity contribution >= 4 is 25.8 Å². The van der Waals surface area contributed by atoms with E-state index in [4.69, 9.17) is 20.2 Å². The number of carbonyl (C=O) groups excluding carboxylic acids is 1. The summed E-state index contributed by atoms with van der Waals surface area (Å²) in [6, 6.07) is 3.07. The van der Waals surface area contributed by atoms with Crippen molar-refractivity contribution in [2.45, 2.75) is 24.8 Å². The molecule has 8 heteroatoms. The smallest absolute Gasteiger partial charge is 0.407 e. The van der Waals surface area contributed by atoms with Gasteiger partial charge in [0, 0.05) is 10.7 Å². The summed E-state index contributed by atoms with van der Waals surface area (Å²) in [7, 11) is 1.58. The van der Waals surface area contributed by atoms with Crippen LogP contribution in [-0.4, -0.2) is 33.8 Å². The lowest BCUT2D eigenvalue weighted by atomic mass is 10.1. The van der Waals surface area contributed by atoms with E-state index in [0.29, 0.717) is 23.4 Å². The molecule has 2 rings (SSSR count). The Labute approximate surface area is 121 Å². The number of cyclic esters (lactones) is 1. The van der Waals surface area contributed by atoms with Crippen molar-refractivity contribution in [1.29, 1.82) is 0 Å². The Bertz CT molecular complexity index is 643. The molecule has 1 saturated heterocycles. The molecule has 1 amide bonds. The first kappa shape index (κ1) is 14.9. The first-order chi connectivity index (χ1) is 9.27. The number of halogens is 1. The highest BCUT2D eigenvalue weighted by molar-refractivity contribution is 8.13. The van der Waals surface area contributed by atoms with E-state index in [1.54, 1.807) is 19.9 Å². The van der Waals surface area contributed by atoms with E-state index in [-0.39, 0.29) is 17.6 Å². The molecule has 1 fully saturated rings. The summed E-state index contributed by atoms with van der Waals surface area (Å²) in [5.41, 5.74) is 1.15. The lowest BCUT2D eigenvalue weighted by molar-refractivity contribution is 0.104. The molecule has 1 aliphatic heterocycles. The largest absolute Gasteiger partial charge is 0.489 e. The lowest BCUT2D eigenvalue weighted by Crippen LogP contribution is -2.22. The SMILES string of the molecule is Cc1cc(S(=O)(=O)Cl)c(C)cc1OCC1CNC(=O)O1. The Kier molecular flexibility index (Phi) is 4.10. The molecule has 110 valence electrons. The Hall–Kier alpha value is -1.47. The fourth-order valence-electron chi connectivity index (χ4n) is 1.89. The van der Waals surface area contributed by atoms with Crippen molar-refractivity contribution < 1.29 is 22.7 Å².